The Morgan fingerprint density at radius 2 is 1.95 bits per heavy atom. The molecule has 0 spiro atoms. The average molecular weight is 261 g/mol. The number of carbonyl (C=O) groups excluding carboxylic acids is 2. The second kappa shape index (κ2) is 6.33. The molecular formula is C14H19N3O2. The van der Waals surface area contributed by atoms with Crippen molar-refractivity contribution in [3.05, 3.63) is 35.4 Å². The summed E-state index contributed by atoms with van der Waals surface area (Å²) >= 11 is 0. The summed E-state index contributed by atoms with van der Waals surface area (Å²) < 4.78 is 0. The van der Waals surface area contributed by atoms with Gasteiger partial charge in [-0.05, 0) is 30.5 Å². The van der Waals surface area contributed by atoms with E-state index in [0.717, 1.165) is 31.4 Å². The highest BCUT2D eigenvalue weighted by Gasteiger charge is 2.16. The summed E-state index contributed by atoms with van der Waals surface area (Å²) in [5.74, 6) is 4.99. The van der Waals surface area contributed by atoms with Gasteiger partial charge in [-0.1, -0.05) is 18.6 Å². The predicted molar refractivity (Wildman–Crippen MR) is 72.0 cm³/mol. The molecule has 0 bridgehead atoms. The largest absolute Gasteiger partial charge is 0.338 e. The molecule has 3 N–H and O–H groups in total. The van der Waals surface area contributed by atoms with Crippen LogP contribution in [0.4, 0.5) is 0 Å². The van der Waals surface area contributed by atoms with Crippen molar-refractivity contribution < 1.29 is 9.59 Å². The third-order valence-electron chi connectivity index (χ3n) is 3.39. The SMILES string of the molecule is NNC(=O)c1ccc(CN2CCCCCC2=O)cc1. The lowest BCUT2D eigenvalue weighted by Gasteiger charge is -2.20. The standard InChI is InChI=1S/C14H19N3O2/c15-16-14(19)12-7-5-11(6-8-12)10-17-9-3-1-2-4-13(17)18/h5-8H,1-4,9-10,15H2,(H,16,19). The van der Waals surface area contributed by atoms with Crippen LogP contribution in [-0.4, -0.2) is 23.3 Å². The summed E-state index contributed by atoms with van der Waals surface area (Å²) in [6, 6.07) is 7.17. The fourth-order valence-electron chi connectivity index (χ4n) is 2.27. The Balaban J connectivity index is 2.02. The monoisotopic (exact) mass is 261 g/mol. The number of benzene rings is 1. The molecule has 0 saturated carbocycles. The van der Waals surface area contributed by atoms with E-state index in [4.69, 9.17) is 5.84 Å². The smallest absolute Gasteiger partial charge is 0.265 e. The molecule has 0 atom stereocenters. The van der Waals surface area contributed by atoms with Gasteiger partial charge in [0.2, 0.25) is 5.91 Å². The van der Waals surface area contributed by atoms with Gasteiger partial charge in [-0.15, -0.1) is 0 Å². The van der Waals surface area contributed by atoms with E-state index < -0.39 is 0 Å². The maximum Gasteiger partial charge on any atom is 0.265 e. The van der Waals surface area contributed by atoms with Crippen molar-refractivity contribution in [2.75, 3.05) is 6.54 Å². The van der Waals surface area contributed by atoms with Gasteiger partial charge in [0.25, 0.3) is 5.91 Å². The topological polar surface area (TPSA) is 75.4 Å². The molecule has 1 fully saturated rings. The summed E-state index contributed by atoms with van der Waals surface area (Å²) in [5.41, 5.74) is 3.65. The second-order valence-electron chi connectivity index (χ2n) is 4.80. The van der Waals surface area contributed by atoms with E-state index in [1.165, 1.54) is 0 Å². The molecule has 2 rings (SSSR count). The number of hydrogen-bond donors (Lipinski definition) is 2. The first-order valence-electron chi connectivity index (χ1n) is 6.58. The molecule has 1 aliphatic heterocycles. The van der Waals surface area contributed by atoms with Crippen LogP contribution in [0.2, 0.25) is 0 Å². The highest BCUT2D eigenvalue weighted by atomic mass is 16.2. The van der Waals surface area contributed by atoms with Crippen molar-refractivity contribution in [1.82, 2.24) is 10.3 Å². The number of nitrogen functional groups attached to an aromatic ring is 1. The van der Waals surface area contributed by atoms with Crippen molar-refractivity contribution >= 4 is 11.8 Å². The average Bonchev–Trinajstić information content (AvgIpc) is 2.64. The summed E-state index contributed by atoms with van der Waals surface area (Å²) in [5, 5.41) is 0. The van der Waals surface area contributed by atoms with Crippen LogP contribution in [0.3, 0.4) is 0 Å². The quantitative estimate of drug-likeness (QED) is 0.487. The van der Waals surface area contributed by atoms with Gasteiger partial charge in [-0.25, -0.2) is 5.84 Å². The van der Waals surface area contributed by atoms with Gasteiger partial charge in [-0.2, -0.15) is 0 Å². The van der Waals surface area contributed by atoms with E-state index in [1.807, 2.05) is 17.0 Å². The second-order valence-corrected chi connectivity index (χ2v) is 4.80. The lowest BCUT2D eigenvalue weighted by molar-refractivity contribution is -0.131. The van der Waals surface area contributed by atoms with Gasteiger partial charge in [0, 0.05) is 25.1 Å². The van der Waals surface area contributed by atoms with Crippen LogP contribution in [0.5, 0.6) is 0 Å². The molecule has 0 unspecified atom stereocenters. The van der Waals surface area contributed by atoms with Crippen LogP contribution in [0.1, 0.15) is 41.6 Å². The van der Waals surface area contributed by atoms with Gasteiger partial charge < -0.3 is 4.90 Å². The minimum absolute atomic E-state index is 0.223. The van der Waals surface area contributed by atoms with Gasteiger partial charge in [0.15, 0.2) is 0 Å². The molecule has 1 aromatic rings. The molecule has 0 aliphatic carbocycles. The lowest BCUT2D eigenvalue weighted by Crippen LogP contribution is -2.30. The number of nitrogens with two attached hydrogens (primary N) is 1. The summed E-state index contributed by atoms with van der Waals surface area (Å²) in [7, 11) is 0. The number of hydrogen-bond acceptors (Lipinski definition) is 3. The zero-order valence-electron chi connectivity index (χ0n) is 10.9. The van der Waals surface area contributed by atoms with Crippen LogP contribution in [0.25, 0.3) is 0 Å². The van der Waals surface area contributed by atoms with Gasteiger partial charge in [-0.3, -0.25) is 15.0 Å². The molecule has 5 heteroatoms. The molecule has 102 valence electrons. The van der Waals surface area contributed by atoms with E-state index >= 15 is 0 Å². The summed E-state index contributed by atoms with van der Waals surface area (Å²) in [6.07, 6.45) is 3.83. The molecule has 1 saturated heterocycles. The zero-order chi connectivity index (χ0) is 13.7. The molecular weight excluding hydrogens is 242 g/mol. The van der Waals surface area contributed by atoms with Crippen molar-refractivity contribution in [1.29, 1.82) is 0 Å². The number of hydrazine groups is 1. The molecule has 1 aromatic carbocycles. The molecule has 1 aliphatic rings. The number of nitrogens with zero attached hydrogens (tertiary/aromatic N) is 1. The van der Waals surface area contributed by atoms with Crippen LogP contribution in [0.15, 0.2) is 24.3 Å². The Labute approximate surface area is 112 Å². The van der Waals surface area contributed by atoms with Crippen molar-refractivity contribution in [2.45, 2.75) is 32.2 Å². The zero-order valence-corrected chi connectivity index (χ0v) is 10.9. The first-order valence-corrected chi connectivity index (χ1v) is 6.58. The van der Waals surface area contributed by atoms with Crippen molar-refractivity contribution in [2.24, 2.45) is 5.84 Å². The van der Waals surface area contributed by atoms with Crippen LogP contribution in [-0.2, 0) is 11.3 Å². The van der Waals surface area contributed by atoms with Crippen molar-refractivity contribution in [3.8, 4) is 0 Å². The Bertz CT molecular complexity index is 456. The first kappa shape index (κ1) is 13.5. The molecule has 0 radical (unpaired) electrons. The number of nitrogens with one attached hydrogen (secondary N) is 1. The van der Waals surface area contributed by atoms with Gasteiger partial charge >= 0.3 is 0 Å². The predicted octanol–water partition coefficient (Wildman–Crippen LogP) is 1.19. The van der Waals surface area contributed by atoms with E-state index in [1.54, 1.807) is 12.1 Å². The minimum atomic E-state index is -0.308. The fourth-order valence-corrected chi connectivity index (χ4v) is 2.27. The number of amides is 2. The maximum absolute atomic E-state index is 11.9. The Hall–Kier alpha value is -1.88. The number of likely N-dealkylation sites (tertiary alicyclic amines) is 1. The molecule has 19 heavy (non-hydrogen) atoms. The Kier molecular flexibility index (Phi) is 4.52. The molecule has 1 heterocycles. The normalized spacial score (nSPS) is 16.1. The summed E-state index contributed by atoms with van der Waals surface area (Å²) in [6.45, 7) is 1.44. The third kappa shape index (κ3) is 3.54. The Morgan fingerprint density at radius 3 is 2.63 bits per heavy atom. The van der Waals surface area contributed by atoms with Crippen molar-refractivity contribution in [3.63, 3.8) is 0 Å². The van der Waals surface area contributed by atoms with E-state index in [9.17, 15) is 9.59 Å². The third-order valence-corrected chi connectivity index (χ3v) is 3.39. The minimum Gasteiger partial charge on any atom is -0.338 e. The highest BCUT2D eigenvalue weighted by Crippen LogP contribution is 2.15. The highest BCUT2D eigenvalue weighted by molar-refractivity contribution is 5.93. The maximum atomic E-state index is 11.9. The van der Waals surface area contributed by atoms with Crippen LogP contribution < -0.4 is 11.3 Å². The van der Waals surface area contributed by atoms with Crippen LogP contribution in [0, 0.1) is 0 Å². The fraction of sp³-hybridized carbons (Fsp3) is 0.429. The van der Waals surface area contributed by atoms with E-state index in [2.05, 4.69) is 5.43 Å². The van der Waals surface area contributed by atoms with E-state index in [0.29, 0.717) is 18.5 Å². The van der Waals surface area contributed by atoms with Crippen LogP contribution >= 0.6 is 0 Å². The lowest BCUT2D eigenvalue weighted by atomic mass is 10.1. The first-order chi connectivity index (χ1) is 9.20. The van der Waals surface area contributed by atoms with Gasteiger partial charge in [0.05, 0.1) is 0 Å². The van der Waals surface area contributed by atoms with Gasteiger partial charge in [0.1, 0.15) is 0 Å². The van der Waals surface area contributed by atoms with E-state index in [-0.39, 0.29) is 11.8 Å². The number of carbonyl (C=O) groups is 2. The molecule has 2 amide bonds. The Morgan fingerprint density at radius 1 is 1.21 bits per heavy atom. The molecule has 5 nitrogen and oxygen atoms in total. The number of rotatable bonds is 3. The molecule has 0 aromatic heterocycles. The summed E-state index contributed by atoms with van der Waals surface area (Å²) in [4.78, 5) is 25.1.